The number of amides is 1. The molecular formula is C22H17ClN5O3. The minimum absolute atomic E-state index is 0.121. The van der Waals surface area contributed by atoms with Crippen LogP contribution in [-0.2, 0) is 6.61 Å². The van der Waals surface area contributed by atoms with Gasteiger partial charge in [-0.05, 0) is 36.4 Å². The molecule has 0 atom stereocenters. The Kier molecular flexibility index (Phi) is 5.81. The summed E-state index contributed by atoms with van der Waals surface area (Å²) in [7, 11) is 1.52. The number of nitrogens with two attached hydrogens (primary N) is 1. The first-order valence-corrected chi connectivity index (χ1v) is 9.58. The van der Waals surface area contributed by atoms with E-state index in [0.29, 0.717) is 45.5 Å². The van der Waals surface area contributed by atoms with Crippen molar-refractivity contribution in [2.24, 2.45) is 5.73 Å². The summed E-state index contributed by atoms with van der Waals surface area (Å²) in [6.07, 6.45) is 1.70. The third-order valence-electron chi connectivity index (χ3n) is 4.34. The van der Waals surface area contributed by atoms with Gasteiger partial charge in [0.2, 0.25) is 5.82 Å². The fourth-order valence-electron chi connectivity index (χ4n) is 2.84. The molecule has 4 aromatic rings. The number of nitrogens with zero attached hydrogens (tertiary/aromatic N) is 3. The van der Waals surface area contributed by atoms with Crippen molar-refractivity contribution < 1.29 is 14.3 Å². The number of nitrogens with one attached hydrogen (secondary N) is 1. The van der Waals surface area contributed by atoms with Crippen LogP contribution in [-0.4, -0.2) is 28.0 Å². The molecule has 0 unspecified atom stereocenters. The highest BCUT2D eigenvalue weighted by molar-refractivity contribution is 6.32. The van der Waals surface area contributed by atoms with Gasteiger partial charge in [0.1, 0.15) is 23.9 Å². The number of methoxy groups -OCH3 is 1. The average Bonchev–Trinajstić information content (AvgIpc) is 2.78. The molecule has 0 bridgehead atoms. The van der Waals surface area contributed by atoms with Crippen molar-refractivity contribution in [3.05, 3.63) is 77.3 Å². The number of hydrogen-bond acceptors (Lipinski definition) is 7. The van der Waals surface area contributed by atoms with Crippen LogP contribution >= 0.6 is 11.6 Å². The molecule has 0 fully saturated rings. The summed E-state index contributed by atoms with van der Waals surface area (Å²) >= 11 is 6.39. The van der Waals surface area contributed by atoms with Crippen molar-refractivity contribution in [2.45, 2.75) is 6.61 Å². The molecule has 0 spiro atoms. The predicted octanol–water partition coefficient (Wildman–Crippen LogP) is 3.91. The monoisotopic (exact) mass is 434 g/mol. The van der Waals surface area contributed by atoms with Crippen LogP contribution in [0.25, 0.3) is 10.9 Å². The van der Waals surface area contributed by atoms with Gasteiger partial charge in [-0.2, -0.15) is 0 Å². The molecular weight excluding hydrogens is 418 g/mol. The molecule has 1 radical (unpaired) electrons. The molecule has 3 N–H and O–H groups in total. The minimum atomic E-state index is -0.743. The first-order valence-electron chi connectivity index (χ1n) is 9.20. The molecule has 8 nitrogen and oxygen atoms in total. The molecule has 1 amide bonds. The van der Waals surface area contributed by atoms with E-state index in [2.05, 4.69) is 26.3 Å². The molecule has 2 aromatic carbocycles. The number of primary amides is 1. The van der Waals surface area contributed by atoms with Gasteiger partial charge in [0.15, 0.2) is 0 Å². The number of pyridine rings is 1. The van der Waals surface area contributed by atoms with E-state index < -0.39 is 5.91 Å². The van der Waals surface area contributed by atoms with Gasteiger partial charge in [0.25, 0.3) is 5.91 Å². The van der Waals surface area contributed by atoms with E-state index in [-0.39, 0.29) is 5.82 Å². The largest absolute Gasteiger partial charge is 0.496 e. The van der Waals surface area contributed by atoms with E-state index in [1.165, 1.54) is 7.11 Å². The van der Waals surface area contributed by atoms with Crippen LogP contribution in [0.4, 0.5) is 11.5 Å². The molecule has 0 saturated heterocycles. The molecule has 0 aliphatic heterocycles. The Morgan fingerprint density at radius 3 is 2.81 bits per heavy atom. The van der Waals surface area contributed by atoms with Gasteiger partial charge in [0, 0.05) is 29.4 Å². The second-order valence-electron chi connectivity index (χ2n) is 6.44. The number of anilines is 2. The molecule has 4 rings (SSSR count). The van der Waals surface area contributed by atoms with Gasteiger partial charge in [-0.25, -0.2) is 9.97 Å². The highest BCUT2D eigenvalue weighted by Gasteiger charge is 2.13. The Bertz CT molecular complexity index is 1250. The number of benzene rings is 2. The zero-order valence-electron chi connectivity index (χ0n) is 16.4. The fourth-order valence-corrected chi connectivity index (χ4v) is 3.07. The maximum absolute atomic E-state index is 11.7. The lowest BCUT2D eigenvalue weighted by Crippen LogP contribution is -2.16. The number of carbonyl (C=O) groups is 1. The normalized spacial score (nSPS) is 10.6. The van der Waals surface area contributed by atoms with Gasteiger partial charge in [-0.15, -0.1) is 0 Å². The van der Waals surface area contributed by atoms with Crippen molar-refractivity contribution in [3.8, 4) is 11.5 Å². The van der Waals surface area contributed by atoms with Gasteiger partial charge in [0.05, 0.1) is 23.3 Å². The average molecular weight is 435 g/mol. The number of fused-ring (bicyclic) bond motifs is 1. The summed E-state index contributed by atoms with van der Waals surface area (Å²) < 4.78 is 10.9. The molecule has 155 valence electrons. The van der Waals surface area contributed by atoms with Gasteiger partial charge in [-0.1, -0.05) is 17.7 Å². The van der Waals surface area contributed by atoms with Crippen molar-refractivity contribution in [1.29, 1.82) is 0 Å². The van der Waals surface area contributed by atoms with E-state index >= 15 is 0 Å². The predicted molar refractivity (Wildman–Crippen MR) is 117 cm³/mol. The van der Waals surface area contributed by atoms with Crippen molar-refractivity contribution in [2.75, 3.05) is 12.4 Å². The van der Waals surface area contributed by atoms with Crippen LogP contribution in [0.15, 0.2) is 54.7 Å². The van der Waals surface area contributed by atoms with E-state index in [1.807, 2.05) is 18.2 Å². The van der Waals surface area contributed by atoms with Crippen LogP contribution < -0.4 is 20.5 Å². The molecule has 0 aliphatic rings. The van der Waals surface area contributed by atoms with Gasteiger partial charge in [-0.3, -0.25) is 9.78 Å². The van der Waals surface area contributed by atoms with E-state index in [0.717, 1.165) is 5.69 Å². The zero-order chi connectivity index (χ0) is 21.8. The third kappa shape index (κ3) is 4.65. The first kappa shape index (κ1) is 20.4. The highest BCUT2D eigenvalue weighted by Crippen LogP contribution is 2.31. The molecule has 2 heterocycles. The maximum atomic E-state index is 11.7. The Labute approximate surface area is 183 Å². The lowest BCUT2D eigenvalue weighted by Gasteiger charge is -2.13. The van der Waals surface area contributed by atoms with Gasteiger partial charge < -0.3 is 20.5 Å². The van der Waals surface area contributed by atoms with Crippen LogP contribution in [0.2, 0.25) is 5.02 Å². The third-order valence-corrected chi connectivity index (χ3v) is 4.63. The Balaban J connectivity index is 1.61. The number of aromatic nitrogens is 3. The maximum Gasteiger partial charge on any atom is 0.286 e. The lowest BCUT2D eigenvalue weighted by molar-refractivity contribution is 0.0991. The highest BCUT2D eigenvalue weighted by atomic mass is 35.5. The number of hydrogen-bond donors (Lipinski definition) is 2. The standard InChI is InChI=1S/C22H17ClN5O3/c1-30-15-6-7-16-18(11-15)27-22(20(24)29)28-21(16)26-13-5-8-19(17(23)10-13)31-12-14-4-2-3-9-25-14/h2-5,7-11H,12H2,1H3,(H2,24,29)(H,26,27,28). The Morgan fingerprint density at radius 1 is 1.23 bits per heavy atom. The van der Waals surface area contributed by atoms with Crippen LogP contribution in [0.3, 0.4) is 0 Å². The van der Waals surface area contributed by atoms with Crippen LogP contribution in [0, 0.1) is 6.07 Å². The molecule has 0 saturated carbocycles. The molecule has 0 aliphatic carbocycles. The number of ether oxygens (including phenoxy) is 2. The summed E-state index contributed by atoms with van der Waals surface area (Å²) in [5.41, 5.74) is 7.31. The molecule has 9 heteroatoms. The van der Waals surface area contributed by atoms with E-state index in [1.54, 1.807) is 36.5 Å². The number of halogens is 1. The quantitative estimate of drug-likeness (QED) is 0.453. The van der Waals surface area contributed by atoms with Crippen LogP contribution in [0.5, 0.6) is 11.5 Å². The second-order valence-corrected chi connectivity index (χ2v) is 6.85. The summed E-state index contributed by atoms with van der Waals surface area (Å²) in [5.74, 6) is 0.514. The Morgan fingerprint density at radius 2 is 2.10 bits per heavy atom. The molecule has 31 heavy (non-hydrogen) atoms. The SMILES string of the molecule is COc1[c]cc2c(Nc3ccc(OCc4ccccn4)c(Cl)c3)nc(C(N)=O)nc2c1. The topological polar surface area (TPSA) is 112 Å². The summed E-state index contributed by atoms with van der Waals surface area (Å²) in [6.45, 7) is 0.295. The van der Waals surface area contributed by atoms with Crippen molar-refractivity contribution in [3.63, 3.8) is 0 Å². The fraction of sp³-hybridized carbons (Fsp3) is 0.0909. The smallest absolute Gasteiger partial charge is 0.286 e. The number of rotatable bonds is 7. The summed E-state index contributed by atoms with van der Waals surface area (Å²) in [5, 5.41) is 4.19. The summed E-state index contributed by atoms with van der Waals surface area (Å²) in [4.78, 5) is 24.3. The van der Waals surface area contributed by atoms with Gasteiger partial charge >= 0.3 is 0 Å². The second kappa shape index (κ2) is 8.85. The minimum Gasteiger partial charge on any atom is -0.496 e. The van der Waals surface area contributed by atoms with E-state index in [9.17, 15) is 4.79 Å². The first-order chi connectivity index (χ1) is 15.0. The lowest BCUT2D eigenvalue weighted by atomic mass is 10.2. The van der Waals surface area contributed by atoms with Crippen LogP contribution in [0.1, 0.15) is 16.3 Å². The van der Waals surface area contributed by atoms with E-state index in [4.69, 9.17) is 26.8 Å². The Hall–Kier alpha value is -3.91. The van der Waals surface area contributed by atoms with Crippen molar-refractivity contribution >= 4 is 39.9 Å². The zero-order valence-corrected chi connectivity index (χ0v) is 17.2. The number of carbonyl (C=O) groups excluding carboxylic acids is 1. The molecule has 2 aromatic heterocycles. The van der Waals surface area contributed by atoms with Crippen molar-refractivity contribution in [1.82, 2.24) is 15.0 Å². The summed E-state index contributed by atoms with van der Waals surface area (Å²) in [6, 6.07) is 17.1.